The van der Waals surface area contributed by atoms with E-state index in [0.717, 1.165) is 5.56 Å². The standard InChI is InChI=1S/C16H16O2S/c1-12-5-4-6-13(11-12)14-9-10-19(17,18)16-8-3-2-7-15(14)16/h2-8,11,14H,9-10H2,1H3. The third-order valence-electron chi connectivity index (χ3n) is 3.75. The fourth-order valence-electron chi connectivity index (χ4n) is 2.82. The minimum absolute atomic E-state index is 0.194. The topological polar surface area (TPSA) is 34.1 Å². The van der Waals surface area contributed by atoms with Crippen LogP contribution in [-0.4, -0.2) is 14.2 Å². The smallest absolute Gasteiger partial charge is 0.178 e. The van der Waals surface area contributed by atoms with Gasteiger partial charge < -0.3 is 0 Å². The summed E-state index contributed by atoms with van der Waals surface area (Å²) in [4.78, 5) is 0.507. The van der Waals surface area contributed by atoms with Crippen LogP contribution in [0.25, 0.3) is 0 Å². The van der Waals surface area contributed by atoms with Gasteiger partial charge in [-0.1, -0.05) is 48.0 Å². The van der Waals surface area contributed by atoms with Gasteiger partial charge >= 0.3 is 0 Å². The second-order valence-electron chi connectivity index (χ2n) is 5.11. The molecule has 98 valence electrons. The summed E-state index contributed by atoms with van der Waals surface area (Å²) in [7, 11) is -3.09. The van der Waals surface area contributed by atoms with Gasteiger partial charge in [-0.15, -0.1) is 0 Å². The Morgan fingerprint density at radius 2 is 1.84 bits per heavy atom. The number of rotatable bonds is 1. The van der Waals surface area contributed by atoms with Gasteiger partial charge in [0.25, 0.3) is 0 Å². The van der Waals surface area contributed by atoms with Crippen LogP contribution in [0.3, 0.4) is 0 Å². The third-order valence-corrected chi connectivity index (χ3v) is 5.56. The molecule has 2 nitrogen and oxygen atoms in total. The van der Waals surface area contributed by atoms with E-state index in [1.54, 1.807) is 12.1 Å². The maximum atomic E-state index is 12.1. The zero-order valence-electron chi connectivity index (χ0n) is 10.8. The molecule has 0 bridgehead atoms. The Morgan fingerprint density at radius 3 is 2.63 bits per heavy atom. The van der Waals surface area contributed by atoms with E-state index in [1.807, 2.05) is 18.2 Å². The summed E-state index contributed by atoms with van der Waals surface area (Å²) in [5, 5.41) is 0. The van der Waals surface area contributed by atoms with E-state index in [-0.39, 0.29) is 11.7 Å². The Hall–Kier alpha value is -1.61. The summed E-state index contributed by atoms with van der Waals surface area (Å²) in [6.07, 6.45) is 0.669. The fourth-order valence-corrected chi connectivity index (χ4v) is 4.44. The summed E-state index contributed by atoms with van der Waals surface area (Å²) in [6, 6.07) is 15.7. The minimum atomic E-state index is -3.09. The number of hydrogen-bond donors (Lipinski definition) is 0. The molecule has 0 amide bonds. The van der Waals surface area contributed by atoms with Crippen molar-refractivity contribution in [1.29, 1.82) is 0 Å². The van der Waals surface area contributed by atoms with E-state index >= 15 is 0 Å². The van der Waals surface area contributed by atoms with Crippen molar-refractivity contribution in [2.75, 3.05) is 5.75 Å². The van der Waals surface area contributed by atoms with Gasteiger partial charge in [-0.2, -0.15) is 0 Å². The van der Waals surface area contributed by atoms with Crippen molar-refractivity contribution in [2.24, 2.45) is 0 Å². The molecule has 19 heavy (non-hydrogen) atoms. The SMILES string of the molecule is Cc1cccc(C2CCS(=O)(=O)c3ccccc32)c1. The van der Waals surface area contributed by atoms with Crippen molar-refractivity contribution in [1.82, 2.24) is 0 Å². The van der Waals surface area contributed by atoms with Gasteiger partial charge in [0.1, 0.15) is 0 Å². The van der Waals surface area contributed by atoms with E-state index in [1.165, 1.54) is 11.1 Å². The highest BCUT2D eigenvalue weighted by Gasteiger charge is 2.30. The molecule has 1 atom stereocenters. The summed E-state index contributed by atoms with van der Waals surface area (Å²) in [6.45, 7) is 2.06. The predicted octanol–water partition coefficient (Wildman–Crippen LogP) is 3.30. The molecule has 2 aromatic rings. The van der Waals surface area contributed by atoms with Crippen molar-refractivity contribution < 1.29 is 8.42 Å². The fraction of sp³-hybridized carbons (Fsp3) is 0.250. The number of fused-ring (bicyclic) bond motifs is 1. The van der Waals surface area contributed by atoms with Crippen LogP contribution in [0.5, 0.6) is 0 Å². The first kappa shape index (κ1) is 12.4. The van der Waals surface area contributed by atoms with Gasteiger partial charge in [0, 0.05) is 5.92 Å². The maximum Gasteiger partial charge on any atom is 0.178 e. The van der Waals surface area contributed by atoms with Crippen LogP contribution >= 0.6 is 0 Å². The minimum Gasteiger partial charge on any atom is -0.224 e. The van der Waals surface area contributed by atoms with E-state index in [0.29, 0.717) is 11.3 Å². The molecule has 0 saturated carbocycles. The third kappa shape index (κ3) is 2.19. The molecule has 0 aromatic heterocycles. The zero-order chi connectivity index (χ0) is 13.5. The Labute approximate surface area is 114 Å². The molecular formula is C16H16O2S. The first-order chi connectivity index (χ1) is 9.08. The lowest BCUT2D eigenvalue weighted by atomic mass is 9.88. The van der Waals surface area contributed by atoms with Gasteiger partial charge in [0.15, 0.2) is 9.84 Å². The lowest BCUT2D eigenvalue weighted by Crippen LogP contribution is -2.20. The molecule has 2 aromatic carbocycles. The molecule has 3 heteroatoms. The van der Waals surface area contributed by atoms with E-state index in [9.17, 15) is 8.42 Å². The Balaban J connectivity index is 2.16. The highest BCUT2D eigenvalue weighted by molar-refractivity contribution is 7.91. The highest BCUT2D eigenvalue weighted by Crippen LogP contribution is 2.37. The summed E-state index contributed by atoms with van der Waals surface area (Å²) >= 11 is 0. The van der Waals surface area contributed by atoms with Crippen molar-refractivity contribution in [3.63, 3.8) is 0 Å². The van der Waals surface area contributed by atoms with Crippen LogP contribution in [0, 0.1) is 6.92 Å². The second kappa shape index (κ2) is 4.49. The number of aryl methyl sites for hydroxylation is 1. The quantitative estimate of drug-likeness (QED) is 0.798. The van der Waals surface area contributed by atoms with Gasteiger partial charge in [-0.25, -0.2) is 8.42 Å². The van der Waals surface area contributed by atoms with Gasteiger partial charge in [0.2, 0.25) is 0 Å². The van der Waals surface area contributed by atoms with Gasteiger partial charge in [-0.05, 0) is 30.5 Å². The molecule has 1 unspecified atom stereocenters. The summed E-state index contributed by atoms with van der Waals surface area (Å²) < 4.78 is 24.2. The maximum absolute atomic E-state index is 12.1. The molecule has 1 heterocycles. The molecule has 0 spiro atoms. The Bertz CT molecular complexity index is 717. The Morgan fingerprint density at radius 1 is 1.05 bits per heavy atom. The van der Waals surface area contributed by atoms with Crippen LogP contribution < -0.4 is 0 Å². The van der Waals surface area contributed by atoms with E-state index in [2.05, 4.69) is 25.1 Å². The zero-order valence-corrected chi connectivity index (χ0v) is 11.7. The predicted molar refractivity (Wildman–Crippen MR) is 76.1 cm³/mol. The van der Waals surface area contributed by atoms with Crippen molar-refractivity contribution in [2.45, 2.75) is 24.2 Å². The average Bonchev–Trinajstić information content (AvgIpc) is 2.39. The summed E-state index contributed by atoms with van der Waals surface area (Å²) in [5.41, 5.74) is 3.37. The molecule has 0 radical (unpaired) electrons. The van der Waals surface area contributed by atoms with Crippen LogP contribution in [0.2, 0.25) is 0 Å². The number of benzene rings is 2. The van der Waals surface area contributed by atoms with Crippen molar-refractivity contribution >= 4 is 9.84 Å². The van der Waals surface area contributed by atoms with Crippen LogP contribution in [0.15, 0.2) is 53.4 Å². The molecule has 0 aliphatic carbocycles. The second-order valence-corrected chi connectivity index (χ2v) is 7.19. The molecule has 1 aliphatic rings. The normalized spacial score (nSPS) is 20.8. The summed E-state index contributed by atoms with van der Waals surface area (Å²) in [5.74, 6) is 0.433. The molecule has 0 saturated heterocycles. The lowest BCUT2D eigenvalue weighted by molar-refractivity contribution is 0.579. The molecule has 3 rings (SSSR count). The first-order valence-electron chi connectivity index (χ1n) is 6.46. The van der Waals surface area contributed by atoms with Gasteiger partial charge in [0.05, 0.1) is 10.6 Å². The van der Waals surface area contributed by atoms with Crippen molar-refractivity contribution in [3.8, 4) is 0 Å². The van der Waals surface area contributed by atoms with Crippen LogP contribution in [0.1, 0.15) is 29.0 Å². The number of hydrogen-bond acceptors (Lipinski definition) is 2. The Kier molecular flexibility index (Phi) is 2.94. The molecule has 0 N–H and O–H groups in total. The molecule has 1 aliphatic heterocycles. The molecular weight excluding hydrogens is 256 g/mol. The number of sulfone groups is 1. The first-order valence-corrected chi connectivity index (χ1v) is 8.11. The van der Waals surface area contributed by atoms with Crippen LogP contribution in [0.4, 0.5) is 0 Å². The van der Waals surface area contributed by atoms with Crippen molar-refractivity contribution in [3.05, 3.63) is 65.2 Å². The molecule has 0 fully saturated rings. The largest absolute Gasteiger partial charge is 0.224 e. The van der Waals surface area contributed by atoms with E-state index in [4.69, 9.17) is 0 Å². The average molecular weight is 272 g/mol. The monoisotopic (exact) mass is 272 g/mol. The van der Waals surface area contributed by atoms with Crippen LogP contribution in [-0.2, 0) is 9.84 Å². The van der Waals surface area contributed by atoms with E-state index < -0.39 is 9.84 Å². The van der Waals surface area contributed by atoms with Gasteiger partial charge in [-0.3, -0.25) is 0 Å². The highest BCUT2D eigenvalue weighted by atomic mass is 32.2. The lowest BCUT2D eigenvalue weighted by Gasteiger charge is -2.26.